The molecule has 0 bridgehead atoms. The quantitative estimate of drug-likeness (QED) is 0.464. The summed E-state index contributed by atoms with van der Waals surface area (Å²) in [5, 5.41) is 7.69. The summed E-state index contributed by atoms with van der Waals surface area (Å²) in [7, 11) is 1.76. The number of halogens is 1. The minimum Gasteiger partial charge on any atom is -0.385 e. The number of hydrogen-bond donors (Lipinski definition) is 3. The van der Waals surface area contributed by atoms with Gasteiger partial charge in [0, 0.05) is 50.5 Å². The SMILES string of the molecule is CCNC(=NCC1(CCOC)CCC1)NCCc1c[nH]c2ccc(F)cc12. The Morgan fingerprint density at radius 3 is 2.89 bits per heavy atom. The number of rotatable bonds is 9. The molecule has 1 fully saturated rings. The lowest BCUT2D eigenvalue weighted by Gasteiger charge is -2.40. The van der Waals surface area contributed by atoms with Gasteiger partial charge in [-0.25, -0.2) is 4.39 Å². The number of methoxy groups -OCH3 is 1. The fraction of sp³-hybridized carbons (Fsp3) is 0.571. The predicted octanol–water partition coefficient (Wildman–Crippen LogP) is 3.61. The lowest BCUT2D eigenvalue weighted by Crippen LogP contribution is -2.41. The first-order valence-corrected chi connectivity index (χ1v) is 9.92. The van der Waals surface area contributed by atoms with Gasteiger partial charge < -0.3 is 20.4 Å². The number of H-pyrrole nitrogens is 1. The van der Waals surface area contributed by atoms with Crippen LogP contribution < -0.4 is 10.6 Å². The normalized spacial score (nSPS) is 16.3. The topological polar surface area (TPSA) is 61.4 Å². The molecule has 1 aromatic carbocycles. The maximum Gasteiger partial charge on any atom is 0.191 e. The molecule has 1 aromatic heterocycles. The first kappa shape index (κ1) is 19.7. The van der Waals surface area contributed by atoms with Gasteiger partial charge in [-0.05, 0) is 61.8 Å². The minimum absolute atomic E-state index is 0.201. The van der Waals surface area contributed by atoms with E-state index in [2.05, 4.69) is 22.5 Å². The maximum atomic E-state index is 13.5. The van der Waals surface area contributed by atoms with Gasteiger partial charge in [-0.15, -0.1) is 0 Å². The second-order valence-corrected chi connectivity index (χ2v) is 7.47. The minimum atomic E-state index is -0.201. The Bertz CT molecular complexity index is 767. The van der Waals surface area contributed by atoms with Gasteiger partial charge in [0.1, 0.15) is 5.82 Å². The number of guanidine groups is 1. The first-order chi connectivity index (χ1) is 13.2. The molecule has 0 unspecified atom stereocenters. The third-order valence-electron chi connectivity index (χ3n) is 5.58. The van der Waals surface area contributed by atoms with Crippen LogP contribution in [0.5, 0.6) is 0 Å². The van der Waals surface area contributed by atoms with Gasteiger partial charge in [0.05, 0.1) is 0 Å². The summed E-state index contributed by atoms with van der Waals surface area (Å²) in [5.41, 5.74) is 2.40. The molecule has 3 N–H and O–H groups in total. The zero-order valence-electron chi connectivity index (χ0n) is 16.4. The van der Waals surface area contributed by atoms with E-state index in [1.165, 1.54) is 25.3 Å². The molecule has 0 amide bonds. The molecule has 148 valence electrons. The van der Waals surface area contributed by atoms with Crippen LogP contribution in [0.2, 0.25) is 0 Å². The smallest absolute Gasteiger partial charge is 0.191 e. The van der Waals surface area contributed by atoms with Gasteiger partial charge in [0.2, 0.25) is 0 Å². The van der Waals surface area contributed by atoms with Crippen LogP contribution in [-0.2, 0) is 11.2 Å². The Kier molecular flexibility index (Phi) is 6.72. The van der Waals surface area contributed by atoms with E-state index in [9.17, 15) is 4.39 Å². The van der Waals surface area contributed by atoms with Crippen molar-refractivity contribution in [1.29, 1.82) is 0 Å². The van der Waals surface area contributed by atoms with Gasteiger partial charge in [0.15, 0.2) is 5.96 Å². The summed E-state index contributed by atoms with van der Waals surface area (Å²) >= 11 is 0. The van der Waals surface area contributed by atoms with Gasteiger partial charge in [-0.1, -0.05) is 6.42 Å². The Morgan fingerprint density at radius 1 is 1.33 bits per heavy atom. The van der Waals surface area contributed by atoms with Gasteiger partial charge >= 0.3 is 0 Å². The van der Waals surface area contributed by atoms with Crippen LogP contribution in [0, 0.1) is 11.2 Å². The van der Waals surface area contributed by atoms with E-state index >= 15 is 0 Å². The Morgan fingerprint density at radius 2 is 2.19 bits per heavy atom. The first-order valence-electron chi connectivity index (χ1n) is 9.92. The van der Waals surface area contributed by atoms with Crippen molar-refractivity contribution >= 4 is 16.9 Å². The Hall–Kier alpha value is -2.08. The van der Waals surface area contributed by atoms with Crippen molar-refractivity contribution in [2.45, 2.75) is 39.0 Å². The third kappa shape index (κ3) is 5.01. The molecule has 0 radical (unpaired) electrons. The van der Waals surface area contributed by atoms with Crippen molar-refractivity contribution in [3.63, 3.8) is 0 Å². The van der Waals surface area contributed by atoms with E-state index in [-0.39, 0.29) is 5.82 Å². The average molecular weight is 375 g/mol. The van der Waals surface area contributed by atoms with E-state index in [1.807, 2.05) is 6.20 Å². The number of hydrogen-bond acceptors (Lipinski definition) is 2. The molecule has 2 aromatic rings. The summed E-state index contributed by atoms with van der Waals surface area (Å²) in [6.07, 6.45) is 7.61. The molecule has 5 nitrogen and oxygen atoms in total. The molecule has 1 saturated carbocycles. The number of aromatic nitrogens is 1. The number of nitrogens with zero attached hydrogens (tertiary/aromatic N) is 1. The summed E-state index contributed by atoms with van der Waals surface area (Å²) in [6.45, 7) is 5.29. The summed E-state index contributed by atoms with van der Waals surface area (Å²) < 4.78 is 18.8. The highest BCUT2D eigenvalue weighted by Gasteiger charge is 2.36. The van der Waals surface area contributed by atoms with Crippen molar-refractivity contribution in [3.8, 4) is 0 Å². The van der Waals surface area contributed by atoms with Crippen LogP contribution in [0.3, 0.4) is 0 Å². The number of aliphatic imine (C=N–C) groups is 1. The van der Waals surface area contributed by atoms with E-state index in [0.717, 1.165) is 61.5 Å². The number of ether oxygens (including phenoxy) is 1. The molecule has 0 aliphatic heterocycles. The third-order valence-corrected chi connectivity index (χ3v) is 5.58. The average Bonchev–Trinajstić information content (AvgIpc) is 3.02. The van der Waals surface area contributed by atoms with E-state index in [1.54, 1.807) is 19.2 Å². The van der Waals surface area contributed by atoms with Crippen molar-refractivity contribution in [1.82, 2.24) is 15.6 Å². The molecule has 0 atom stereocenters. The van der Waals surface area contributed by atoms with Crippen LogP contribution in [0.1, 0.15) is 38.2 Å². The van der Waals surface area contributed by atoms with Gasteiger partial charge in [-0.2, -0.15) is 0 Å². The monoisotopic (exact) mass is 374 g/mol. The van der Waals surface area contributed by atoms with E-state index in [0.29, 0.717) is 5.41 Å². The van der Waals surface area contributed by atoms with Crippen LogP contribution in [0.4, 0.5) is 4.39 Å². The largest absolute Gasteiger partial charge is 0.385 e. The Balaban J connectivity index is 1.56. The van der Waals surface area contributed by atoms with Crippen LogP contribution in [0.25, 0.3) is 10.9 Å². The number of fused-ring (bicyclic) bond motifs is 1. The molecule has 1 aliphatic rings. The predicted molar refractivity (Wildman–Crippen MR) is 109 cm³/mol. The zero-order valence-corrected chi connectivity index (χ0v) is 16.4. The lowest BCUT2D eigenvalue weighted by atomic mass is 9.67. The molecular formula is C21H31FN4O. The highest BCUT2D eigenvalue weighted by Crippen LogP contribution is 2.44. The van der Waals surface area contributed by atoms with Gasteiger partial charge in [-0.3, -0.25) is 4.99 Å². The standard InChI is InChI=1S/C21H31FN4O/c1-3-23-20(26-15-21(8-4-9-21)10-12-27-2)24-11-7-16-14-25-19-6-5-17(22)13-18(16)19/h5-6,13-14,25H,3-4,7-12,15H2,1-2H3,(H2,23,24,26). The van der Waals surface area contributed by atoms with Crippen molar-refractivity contribution in [2.75, 3.05) is 33.4 Å². The molecule has 27 heavy (non-hydrogen) atoms. The van der Waals surface area contributed by atoms with Gasteiger partial charge in [0.25, 0.3) is 0 Å². The van der Waals surface area contributed by atoms with Crippen molar-refractivity contribution in [2.24, 2.45) is 10.4 Å². The molecule has 6 heteroatoms. The van der Waals surface area contributed by atoms with Crippen LogP contribution >= 0.6 is 0 Å². The van der Waals surface area contributed by atoms with E-state index in [4.69, 9.17) is 9.73 Å². The number of benzene rings is 1. The summed E-state index contributed by atoms with van der Waals surface area (Å²) in [5.74, 6) is 0.653. The molecular weight excluding hydrogens is 343 g/mol. The van der Waals surface area contributed by atoms with Crippen molar-refractivity contribution in [3.05, 3.63) is 35.8 Å². The Labute approximate surface area is 160 Å². The summed E-state index contributed by atoms with van der Waals surface area (Å²) in [4.78, 5) is 8.03. The summed E-state index contributed by atoms with van der Waals surface area (Å²) in [6, 6.07) is 4.86. The highest BCUT2D eigenvalue weighted by molar-refractivity contribution is 5.83. The highest BCUT2D eigenvalue weighted by atomic mass is 19.1. The fourth-order valence-electron chi connectivity index (χ4n) is 3.74. The molecule has 0 saturated heterocycles. The van der Waals surface area contributed by atoms with Crippen LogP contribution in [-0.4, -0.2) is 44.3 Å². The maximum absolute atomic E-state index is 13.5. The van der Waals surface area contributed by atoms with E-state index < -0.39 is 0 Å². The molecule has 3 rings (SSSR count). The molecule has 1 heterocycles. The second-order valence-electron chi connectivity index (χ2n) is 7.47. The van der Waals surface area contributed by atoms with Crippen LogP contribution in [0.15, 0.2) is 29.4 Å². The fourth-order valence-corrected chi connectivity index (χ4v) is 3.74. The van der Waals surface area contributed by atoms with Crippen molar-refractivity contribution < 1.29 is 9.13 Å². The zero-order chi connectivity index (χ0) is 19.1. The number of aromatic amines is 1. The lowest BCUT2D eigenvalue weighted by molar-refractivity contribution is 0.0778. The molecule has 1 aliphatic carbocycles. The molecule has 0 spiro atoms. The second kappa shape index (κ2) is 9.22. The number of nitrogens with one attached hydrogen (secondary N) is 3.